The molecule has 0 amide bonds. The predicted molar refractivity (Wildman–Crippen MR) is 65.3 cm³/mol. The van der Waals surface area contributed by atoms with E-state index < -0.39 is 11.0 Å². The van der Waals surface area contributed by atoms with E-state index in [1.807, 2.05) is 48.5 Å². The van der Waals surface area contributed by atoms with Gasteiger partial charge in [0.1, 0.15) is 6.61 Å². The Labute approximate surface area is 99.5 Å². The Morgan fingerprint density at radius 3 is 2.06 bits per heavy atom. The topological polar surface area (TPSA) is 35.5 Å². The van der Waals surface area contributed by atoms with Crippen LogP contribution in [0.4, 0.5) is 0 Å². The monoisotopic (exact) mass is 230 g/mol. The van der Waals surface area contributed by atoms with Gasteiger partial charge in [-0.15, -0.1) is 0 Å². The molecule has 0 rings (SSSR count). The molecule has 0 aliphatic heterocycles. The minimum absolute atomic E-state index is 0.132. The molecule has 0 aromatic carbocycles. The molecular formula is C13H26O3. The van der Waals surface area contributed by atoms with Gasteiger partial charge >= 0.3 is 5.97 Å². The van der Waals surface area contributed by atoms with Gasteiger partial charge in [-0.1, -0.05) is 6.92 Å². The molecule has 3 heteroatoms. The molecule has 96 valence electrons. The van der Waals surface area contributed by atoms with Crippen LogP contribution in [0.2, 0.25) is 0 Å². The molecule has 0 saturated heterocycles. The van der Waals surface area contributed by atoms with Crippen LogP contribution in [0.5, 0.6) is 0 Å². The minimum atomic E-state index is -0.423. The normalized spacial score (nSPS) is 13.0. The van der Waals surface area contributed by atoms with E-state index in [1.54, 1.807) is 0 Å². The summed E-state index contributed by atoms with van der Waals surface area (Å²) in [6.07, 6.45) is 0.907. The SMILES string of the molecule is CCC(C)(C)C(=O)OCC(C)(C)OC(C)C. The third kappa shape index (κ3) is 5.50. The quantitative estimate of drug-likeness (QED) is 0.657. The second kappa shape index (κ2) is 5.67. The van der Waals surface area contributed by atoms with E-state index in [-0.39, 0.29) is 12.1 Å². The maximum Gasteiger partial charge on any atom is 0.311 e. The fraction of sp³-hybridized carbons (Fsp3) is 0.923. The summed E-state index contributed by atoms with van der Waals surface area (Å²) >= 11 is 0. The first-order valence-corrected chi connectivity index (χ1v) is 5.96. The van der Waals surface area contributed by atoms with Crippen molar-refractivity contribution in [3.63, 3.8) is 0 Å². The Hall–Kier alpha value is -0.570. The fourth-order valence-corrected chi connectivity index (χ4v) is 1.25. The zero-order chi connectivity index (χ0) is 13.0. The van der Waals surface area contributed by atoms with E-state index >= 15 is 0 Å². The van der Waals surface area contributed by atoms with Crippen molar-refractivity contribution in [2.45, 2.75) is 66.6 Å². The lowest BCUT2D eigenvalue weighted by Gasteiger charge is -2.29. The van der Waals surface area contributed by atoms with E-state index in [4.69, 9.17) is 9.47 Å². The molecule has 0 bridgehead atoms. The molecule has 0 aliphatic rings. The third-order valence-corrected chi connectivity index (χ3v) is 2.54. The van der Waals surface area contributed by atoms with Gasteiger partial charge in [-0.2, -0.15) is 0 Å². The number of hydrogen-bond donors (Lipinski definition) is 0. The molecule has 16 heavy (non-hydrogen) atoms. The van der Waals surface area contributed by atoms with Crippen molar-refractivity contribution >= 4 is 5.97 Å². The number of ether oxygens (including phenoxy) is 2. The third-order valence-electron chi connectivity index (χ3n) is 2.54. The summed E-state index contributed by atoms with van der Waals surface area (Å²) in [7, 11) is 0. The van der Waals surface area contributed by atoms with Crippen molar-refractivity contribution in [1.29, 1.82) is 0 Å². The average Bonchev–Trinajstić information content (AvgIpc) is 2.12. The highest BCUT2D eigenvalue weighted by molar-refractivity contribution is 5.75. The molecule has 0 aromatic rings. The van der Waals surface area contributed by atoms with Gasteiger partial charge < -0.3 is 9.47 Å². The van der Waals surface area contributed by atoms with Crippen molar-refractivity contribution in [3.05, 3.63) is 0 Å². The molecule has 0 aromatic heterocycles. The maximum absolute atomic E-state index is 11.8. The Morgan fingerprint density at radius 1 is 1.19 bits per heavy atom. The van der Waals surface area contributed by atoms with Crippen LogP contribution < -0.4 is 0 Å². The molecule has 0 spiro atoms. The lowest BCUT2D eigenvalue weighted by Crippen LogP contribution is -2.37. The maximum atomic E-state index is 11.8. The van der Waals surface area contributed by atoms with Gasteiger partial charge in [0.05, 0.1) is 17.1 Å². The number of carbonyl (C=O) groups excluding carboxylic acids is 1. The van der Waals surface area contributed by atoms with Crippen LogP contribution in [0.1, 0.15) is 54.9 Å². The first-order chi connectivity index (χ1) is 7.10. The summed E-state index contributed by atoms with van der Waals surface area (Å²) in [6.45, 7) is 13.9. The Morgan fingerprint density at radius 2 is 1.69 bits per heavy atom. The van der Waals surface area contributed by atoms with E-state index in [1.165, 1.54) is 0 Å². The fourth-order valence-electron chi connectivity index (χ4n) is 1.25. The molecule has 0 atom stereocenters. The molecule has 3 nitrogen and oxygen atoms in total. The molecule has 0 N–H and O–H groups in total. The van der Waals surface area contributed by atoms with Crippen molar-refractivity contribution in [2.24, 2.45) is 5.41 Å². The molecule has 0 saturated carbocycles. The number of hydrogen-bond acceptors (Lipinski definition) is 3. The summed E-state index contributed by atoms with van der Waals surface area (Å²) < 4.78 is 11.0. The standard InChI is InChI=1S/C13H26O3/c1-8-12(4,5)11(14)15-9-13(6,7)16-10(2)3/h10H,8-9H2,1-7H3. The summed E-state index contributed by atoms with van der Waals surface area (Å²) in [5.41, 5.74) is -0.832. The largest absolute Gasteiger partial charge is 0.462 e. The molecule has 0 aliphatic carbocycles. The highest BCUT2D eigenvalue weighted by Crippen LogP contribution is 2.23. The second-order valence-corrected chi connectivity index (χ2v) is 5.74. The summed E-state index contributed by atoms with van der Waals surface area (Å²) in [6, 6.07) is 0. The molecule has 0 radical (unpaired) electrons. The van der Waals surface area contributed by atoms with Gasteiger partial charge in [0.15, 0.2) is 0 Å². The molecule has 0 fully saturated rings. The highest BCUT2D eigenvalue weighted by atomic mass is 16.6. The number of carbonyl (C=O) groups is 1. The van der Waals surface area contributed by atoms with E-state index in [2.05, 4.69) is 0 Å². The van der Waals surface area contributed by atoms with Crippen molar-refractivity contribution in [1.82, 2.24) is 0 Å². The van der Waals surface area contributed by atoms with Gasteiger partial charge in [-0.25, -0.2) is 0 Å². The lowest BCUT2D eigenvalue weighted by atomic mass is 9.91. The average molecular weight is 230 g/mol. The van der Waals surface area contributed by atoms with Crippen molar-refractivity contribution in [2.75, 3.05) is 6.61 Å². The second-order valence-electron chi connectivity index (χ2n) is 5.74. The van der Waals surface area contributed by atoms with Gasteiger partial charge in [0, 0.05) is 0 Å². The van der Waals surface area contributed by atoms with Crippen LogP contribution >= 0.6 is 0 Å². The van der Waals surface area contributed by atoms with Gasteiger partial charge in [0.2, 0.25) is 0 Å². The summed E-state index contributed by atoms with van der Waals surface area (Å²) in [4.78, 5) is 11.8. The van der Waals surface area contributed by atoms with Crippen molar-refractivity contribution in [3.8, 4) is 0 Å². The molecule has 0 unspecified atom stereocenters. The zero-order valence-electron chi connectivity index (χ0n) is 11.7. The van der Waals surface area contributed by atoms with E-state index in [0.717, 1.165) is 6.42 Å². The smallest absolute Gasteiger partial charge is 0.311 e. The van der Waals surface area contributed by atoms with Crippen LogP contribution in [0.15, 0.2) is 0 Å². The van der Waals surface area contributed by atoms with E-state index in [0.29, 0.717) is 6.61 Å². The van der Waals surface area contributed by atoms with E-state index in [9.17, 15) is 4.79 Å². The van der Waals surface area contributed by atoms with Crippen LogP contribution in [0, 0.1) is 5.41 Å². The minimum Gasteiger partial charge on any atom is -0.462 e. The van der Waals surface area contributed by atoms with Crippen LogP contribution in [-0.2, 0) is 14.3 Å². The van der Waals surface area contributed by atoms with Gasteiger partial charge in [-0.3, -0.25) is 4.79 Å². The Kier molecular flexibility index (Phi) is 5.47. The van der Waals surface area contributed by atoms with Crippen LogP contribution in [-0.4, -0.2) is 24.3 Å². The van der Waals surface area contributed by atoms with Crippen molar-refractivity contribution < 1.29 is 14.3 Å². The highest BCUT2D eigenvalue weighted by Gasteiger charge is 2.30. The first kappa shape index (κ1) is 15.4. The van der Waals surface area contributed by atoms with Gasteiger partial charge in [-0.05, 0) is 48.0 Å². The summed E-state index contributed by atoms with van der Waals surface area (Å²) in [5, 5.41) is 0. The number of rotatable bonds is 6. The van der Waals surface area contributed by atoms with Gasteiger partial charge in [0.25, 0.3) is 0 Å². The molecular weight excluding hydrogens is 204 g/mol. The zero-order valence-corrected chi connectivity index (χ0v) is 11.7. The predicted octanol–water partition coefficient (Wildman–Crippen LogP) is 3.17. The summed E-state index contributed by atoms with van der Waals surface area (Å²) in [5.74, 6) is -0.157. The van der Waals surface area contributed by atoms with Crippen LogP contribution in [0.25, 0.3) is 0 Å². The Bertz CT molecular complexity index is 229. The Balaban J connectivity index is 4.19. The lowest BCUT2D eigenvalue weighted by molar-refractivity contribution is -0.166. The molecule has 0 heterocycles. The first-order valence-electron chi connectivity index (χ1n) is 5.96. The number of esters is 1. The van der Waals surface area contributed by atoms with Crippen LogP contribution in [0.3, 0.4) is 0 Å².